The zero-order chi connectivity index (χ0) is 15.6. The fourth-order valence-corrected chi connectivity index (χ4v) is 3.20. The first-order valence-corrected chi connectivity index (χ1v) is 7.90. The van der Waals surface area contributed by atoms with Crippen molar-refractivity contribution in [3.63, 3.8) is 0 Å². The maximum atomic E-state index is 12.4. The average molecular weight is 306 g/mol. The van der Waals surface area contributed by atoms with Crippen molar-refractivity contribution in [1.82, 2.24) is 0 Å². The molecule has 0 N–H and O–H groups in total. The van der Waals surface area contributed by atoms with E-state index in [1.807, 2.05) is 26.8 Å². The molecule has 0 aliphatic heterocycles. The van der Waals surface area contributed by atoms with Gasteiger partial charge in [0.25, 0.3) is 0 Å². The van der Waals surface area contributed by atoms with E-state index in [0.29, 0.717) is 5.75 Å². The SMILES string of the molecule is COc1cc(C)ccc1S(=O)(=O)Oc1cc(C)cc(C)c1. The van der Waals surface area contributed by atoms with Crippen LogP contribution in [0.25, 0.3) is 0 Å². The van der Waals surface area contributed by atoms with Gasteiger partial charge in [-0.15, -0.1) is 0 Å². The first-order valence-electron chi connectivity index (χ1n) is 6.49. The molecule has 0 aromatic heterocycles. The molecular formula is C16H18O4S. The molecule has 0 aliphatic carbocycles. The Hall–Kier alpha value is -2.01. The van der Waals surface area contributed by atoms with Gasteiger partial charge in [-0.1, -0.05) is 12.1 Å². The third-order valence-electron chi connectivity index (χ3n) is 2.99. The van der Waals surface area contributed by atoms with Crippen LogP contribution in [0.3, 0.4) is 0 Å². The summed E-state index contributed by atoms with van der Waals surface area (Å²) in [6, 6.07) is 10.2. The van der Waals surface area contributed by atoms with Crippen molar-refractivity contribution in [2.75, 3.05) is 7.11 Å². The molecule has 0 spiro atoms. The first-order chi connectivity index (χ1) is 9.81. The summed E-state index contributed by atoms with van der Waals surface area (Å²) in [5.41, 5.74) is 2.80. The van der Waals surface area contributed by atoms with Gasteiger partial charge in [-0.2, -0.15) is 8.42 Å². The molecular weight excluding hydrogens is 288 g/mol. The smallest absolute Gasteiger partial charge is 0.342 e. The van der Waals surface area contributed by atoms with E-state index in [9.17, 15) is 8.42 Å². The molecule has 0 unspecified atom stereocenters. The van der Waals surface area contributed by atoms with Crippen LogP contribution in [0.5, 0.6) is 11.5 Å². The second kappa shape index (κ2) is 5.77. The minimum atomic E-state index is -3.93. The Morgan fingerprint density at radius 1 is 0.857 bits per heavy atom. The number of ether oxygens (including phenoxy) is 1. The molecule has 2 aromatic rings. The quantitative estimate of drug-likeness (QED) is 0.813. The summed E-state index contributed by atoms with van der Waals surface area (Å²) in [6.07, 6.45) is 0. The van der Waals surface area contributed by atoms with Gasteiger partial charge in [-0.25, -0.2) is 0 Å². The van der Waals surface area contributed by atoms with Crippen molar-refractivity contribution in [2.45, 2.75) is 25.7 Å². The van der Waals surface area contributed by atoms with Gasteiger partial charge in [-0.3, -0.25) is 0 Å². The molecule has 0 saturated carbocycles. The van der Waals surface area contributed by atoms with Crippen LogP contribution in [0.15, 0.2) is 41.3 Å². The molecule has 0 radical (unpaired) electrons. The Bertz CT molecular complexity index is 744. The highest BCUT2D eigenvalue weighted by Crippen LogP contribution is 2.28. The van der Waals surface area contributed by atoms with Gasteiger partial charge in [-0.05, 0) is 61.7 Å². The van der Waals surface area contributed by atoms with Crippen LogP contribution >= 0.6 is 0 Å². The normalized spacial score (nSPS) is 11.2. The van der Waals surface area contributed by atoms with E-state index in [0.717, 1.165) is 16.7 Å². The maximum absolute atomic E-state index is 12.4. The van der Waals surface area contributed by atoms with E-state index >= 15 is 0 Å². The van der Waals surface area contributed by atoms with Crippen LogP contribution in [0.4, 0.5) is 0 Å². The highest BCUT2D eigenvalue weighted by atomic mass is 32.2. The lowest BCUT2D eigenvalue weighted by Crippen LogP contribution is -2.11. The summed E-state index contributed by atoms with van der Waals surface area (Å²) in [5.74, 6) is 0.578. The molecule has 0 atom stereocenters. The minimum Gasteiger partial charge on any atom is -0.495 e. The summed E-state index contributed by atoms with van der Waals surface area (Å²) in [5, 5.41) is 0. The van der Waals surface area contributed by atoms with Gasteiger partial charge in [0.05, 0.1) is 7.11 Å². The number of aryl methyl sites for hydroxylation is 3. The van der Waals surface area contributed by atoms with Crippen molar-refractivity contribution < 1.29 is 17.3 Å². The Labute approximate surface area is 125 Å². The highest BCUT2D eigenvalue weighted by Gasteiger charge is 2.22. The fourth-order valence-electron chi connectivity index (χ4n) is 2.13. The molecule has 0 bridgehead atoms. The van der Waals surface area contributed by atoms with Gasteiger partial charge in [0, 0.05) is 0 Å². The van der Waals surface area contributed by atoms with Crippen LogP contribution in [-0.4, -0.2) is 15.5 Å². The molecule has 0 fully saturated rings. The monoisotopic (exact) mass is 306 g/mol. The third-order valence-corrected chi connectivity index (χ3v) is 4.28. The molecule has 2 rings (SSSR count). The fraction of sp³-hybridized carbons (Fsp3) is 0.250. The Kier molecular flexibility index (Phi) is 4.23. The summed E-state index contributed by atoms with van der Waals surface area (Å²) >= 11 is 0. The van der Waals surface area contributed by atoms with Gasteiger partial charge in [0.1, 0.15) is 16.4 Å². The van der Waals surface area contributed by atoms with Crippen LogP contribution in [0.1, 0.15) is 16.7 Å². The van der Waals surface area contributed by atoms with Crippen molar-refractivity contribution >= 4 is 10.1 Å². The predicted molar refractivity (Wildman–Crippen MR) is 81.5 cm³/mol. The Morgan fingerprint density at radius 3 is 2.05 bits per heavy atom. The lowest BCUT2D eigenvalue weighted by Gasteiger charge is -2.12. The number of rotatable bonds is 4. The Morgan fingerprint density at radius 2 is 1.48 bits per heavy atom. The van der Waals surface area contributed by atoms with Gasteiger partial charge in [0.2, 0.25) is 0 Å². The van der Waals surface area contributed by atoms with Crippen LogP contribution in [-0.2, 0) is 10.1 Å². The molecule has 21 heavy (non-hydrogen) atoms. The number of hydrogen-bond acceptors (Lipinski definition) is 4. The topological polar surface area (TPSA) is 52.6 Å². The van der Waals surface area contributed by atoms with E-state index in [4.69, 9.17) is 8.92 Å². The minimum absolute atomic E-state index is 0.0229. The van der Waals surface area contributed by atoms with Crippen molar-refractivity contribution in [1.29, 1.82) is 0 Å². The molecule has 0 amide bonds. The van der Waals surface area contributed by atoms with Crippen LogP contribution in [0, 0.1) is 20.8 Å². The summed E-state index contributed by atoms with van der Waals surface area (Å²) in [7, 11) is -2.50. The molecule has 5 heteroatoms. The summed E-state index contributed by atoms with van der Waals surface area (Å²) < 4.78 is 35.2. The second-order valence-corrected chi connectivity index (χ2v) is 6.53. The second-order valence-electron chi connectivity index (χ2n) is 5.02. The van der Waals surface area contributed by atoms with E-state index in [1.165, 1.54) is 13.2 Å². The third kappa shape index (κ3) is 3.55. The van der Waals surface area contributed by atoms with E-state index in [2.05, 4.69) is 0 Å². The highest BCUT2D eigenvalue weighted by molar-refractivity contribution is 7.87. The summed E-state index contributed by atoms with van der Waals surface area (Å²) in [4.78, 5) is 0.0229. The van der Waals surface area contributed by atoms with Gasteiger partial charge in [0.15, 0.2) is 0 Å². The lowest BCUT2D eigenvalue weighted by atomic mass is 10.1. The molecule has 0 heterocycles. The zero-order valence-corrected chi connectivity index (χ0v) is 13.3. The number of benzene rings is 2. The van der Waals surface area contributed by atoms with Crippen LogP contribution < -0.4 is 8.92 Å². The number of hydrogen-bond donors (Lipinski definition) is 0. The Balaban J connectivity index is 2.43. The average Bonchev–Trinajstić information content (AvgIpc) is 2.36. The molecule has 0 saturated heterocycles. The molecule has 4 nitrogen and oxygen atoms in total. The van der Waals surface area contributed by atoms with Gasteiger partial charge < -0.3 is 8.92 Å². The number of methoxy groups -OCH3 is 1. The molecule has 2 aromatic carbocycles. The van der Waals surface area contributed by atoms with Crippen molar-refractivity contribution in [2.24, 2.45) is 0 Å². The van der Waals surface area contributed by atoms with E-state index in [1.54, 1.807) is 24.3 Å². The zero-order valence-electron chi connectivity index (χ0n) is 12.5. The summed E-state index contributed by atoms with van der Waals surface area (Å²) in [6.45, 7) is 5.64. The lowest BCUT2D eigenvalue weighted by molar-refractivity contribution is 0.398. The van der Waals surface area contributed by atoms with Crippen molar-refractivity contribution in [3.05, 3.63) is 53.1 Å². The predicted octanol–water partition coefficient (Wildman–Crippen LogP) is 3.39. The van der Waals surface area contributed by atoms with E-state index < -0.39 is 10.1 Å². The van der Waals surface area contributed by atoms with Gasteiger partial charge >= 0.3 is 10.1 Å². The largest absolute Gasteiger partial charge is 0.495 e. The standard InChI is InChI=1S/C16H18O4S/c1-11-5-6-16(15(10-11)19-4)21(17,18)20-14-8-12(2)7-13(3)9-14/h5-10H,1-4H3. The van der Waals surface area contributed by atoms with E-state index in [-0.39, 0.29) is 10.6 Å². The first kappa shape index (κ1) is 15.4. The molecule has 0 aliphatic rings. The van der Waals surface area contributed by atoms with Crippen LogP contribution in [0.2, 0.25) is 0 Å². The van der Waals surface area contributed by atoms with Crippen molar-refractivity contribution in [3.8, 4) is 11.5 Å². The molecule has 112 valence electrons. The maximum Gasteiger partial charge on any atom is 0.342 e.